The van der Waals surface area contributed by atoms with Gasteiger partial charge in [-0.25, -0.2) is 0 Å². The van der Waals surface area contributed by atoms with Crippen LogP contribution in [-0.2, 0) is 41.2 Å². The molecule has 0 aromatic carbocycles. The van der Waals surface area contributed by atoms with Crippen molar-refractivity contribution in [2.45, 2.75) is 0 Å². The van der Waals surface area contributed by atoms with Gasteiger partial charge < -0.3 is 0 Å². The molecule has 4 heavy (non-hydrogen) atoms. The van der Waals surface area contributed by atoms with Crippen LogP contribution in [0, 0.1) is 0 Å². The summed E-state index contributed by atoms with van der Waals surface area (Å²) in [5, 5.41) is 0. The summed E-state index contributed by atoms with van der Waals surface area (Å²) in [6.07, 6.45) is 0. The van der Waals surface area contributed by atoms with Crippen molar-refractivity contribution < 1.29 is 41.2 Å². The maximum absolute atomic E-state index is 0. The fraction of sp³-hybridized carbons (Fsp3) is 0. The smallest absolute Gasteiger partial charge is 0 e. The Morgan fingerprint density at radius 1 is 1.00 bits per heavy atom. The van der Waals surface area contributed by atoms with E-state index in [4.69, 9.17) is 0 Å². The average Bonchev–Trinajstić information content (AvgIpc) is 0. The molecule has 0 aliphatic rings. The van der Waals surface area contributed by atoms with Gasteiger partial charge in [-0.1, -0.05) is 0 Å². The van der Waals surface area contributed by atoms with Gasteiger partial charge in [0.15, 0.2) is 0 Å². The molecule has 0 heterocycles. The summed E-state index contributed by atoms with van der Waals surface area (Å²) >= 11 is 0. The Labute approximate surface area is 71.9 Å². The van der Waals surface area contributed by atoms with Crippen LogP contribution in [0.3, 0.4) is 0 Å². The standard InChI is InChI=1S/AsH3.Ir.Pt.H2S/h1H3;;;1H2. The first-order chi connectivity index (χ1) is 0. The van der Waals surface area contributed by atoms with Gasteiger partial charge in [0.1, 0.15) is 0 Å². The Morgan fingerprint density at radius 2 is 1.00 bits per heavy atom. The van der Waals surface area contributed by atoms with Crippen LogP contribution in [-0.4, -0.2) is 18.0 Å². The van der Waals surface area contributed by atoms with Crippen molar-refractivity contribution in [3.8, 4) is 0 Å². The second-order valence-electron chi connectivity index (χ2n) is 0. The molecule has 35 valence electrons. The number of hydrogen-bond acceptors (Lipinski definition) is 0. The minimum Gasteiger partial charge on any atom is 0 e. The molecule has 0 rings (SSSR count). The quantitative estimate of drug-likeness (QED) is 0.373. The van der Waals surface area contributed by atoms with Crippen molar-refractivity contribution in [3.63, 3.8) is 0 Å². The molecule has 1 atom stereocenters. The first-order valence-corrected chi connectivity index (χ1v) is 0. The summed E-state index contributed by atoms with van der Waals surface area (Å²) in [6, 6.07) is 0. The zero-order chi connectivity index (χ0) is 0. The normalized spacial score (nSPS) is 0. The van der Waals surface area contributed by atoms with E-state index >= 15 is 0 Å². The third-order valence-corrected chi connectivity index (χ3v) is 0. The second kappa shape index (κ2) is 18.7. The molecule has 1 radical (unpaired) electrons. The summed E-state index contributed by atoms with van der Waals surface area (Å²) in [4.78, 5) is 0. The van der Waals surface area contributed by atoms with Gasteiger partial charge in [-0.15, -0.1) is 0 Å². The molecule has 0 bridgehead atoms. The van der Waals surface area contributed by atoms with Crippen LogP contribution in [0.1, 0.15) is 0 Å². The predicted molar refractivity (Wildman–Crippen MR) is 20.3 cm³/mol. The van der Waals surface area contributed by atoms with Crippen molar-refractivity contribution in [1.29, 1.82) is 0 Å². The Balaban J connectivity index is 0. The summed E-state index contributed by atoms with van der Waals surface area (Å²) in [7, 11) is 0. The van der Waals surface area contributed by atoms with E-state index in [-0.39, 0.29) is 72.6 Å². The van der Waals surface area contributed by atoms with Gasteiger partial charge in [-0.05, 0) is 0 Å². The van der Waals surface area contributed by atoms with Crippen molar-refractivity contribution in [3.05, 3.63) is 0 Å². The zero-order valence-electron chi connectivity index (χ0n) is 1.86. The molecule has 0 fully saturated rings. The average molecular weight is 499 g/mol. The fourth-order valence-corrected chi connectivity index (χ4v) is 0. The van der Waals surface area contributed by atoms with Crippen molar-refractivity contribution in [2.75, 3.05) is 0 Å². The SMILES string of the molecule is S.[AsH3].[Ir].[Pt]. The topological polar surface area (TPSA) is 0 Å². The van der Waals surface area contributed by atoms with E-state index in [0.29, 0.717) is 0 Å². The maximum atomic E-state index is 0. The summed E-state index contributed by atoms with van der Waals surface area (Å²) in [6.45, 7) is 0. The molecular weight excluding hydrogens is 494 g/mol. The van der Waals surface area contributed by atoms with Gasteiger partial charge in [0, 0.05) is 41.2 Å². The van der Waals surface area contributed by atoms with E-state index < -0.39 is 0 Å². The maximum Gasteiger partial charge on any atom is 0 e. The molecule has 0 aromatic rings. The molecule has 0 nitrogen and oxygen atoms in total. The molecule has 0 spiro atoms. The zero-order valence-corrected chi connectivity index (χ0v) is 10.5. The van der Waals surface area contributed by atoms with Gasteiger partial charge in [0.25, 0.3) is 0 Å². The Kier molecular flexibility index (Phi) is 160. The van der Waals surface area contributed by atoms with Crippen LogP contribution < -0.4 is 0 Å². The van der Waals surface area contributed by atoms with Crippen molar-refractivity contribution in [1.82, 2.24) is 0 Å². The van der Waals surface area contributed by atoms with E-state index in [9.17, 15) is 0 Å². The minimum atomic E-state index is 0. The Hall–Kier alpha value is 2.25. The molecule has 0 N–H and O–H groups in total. The van der Waals surface area contributed by atoms with Gasteiger partial charge in [0.05, 0.1) is 0 Å². The largest absolute Gasteiger partial charge is 0 e. The third kappa shape index (κ3) is 8.87. The van der Waals surface area contributed by atoms with E-state index in [1.807, 2.05) is 0 Å². The van der Waals surface area contributed by atoms with Crippen molar-refractivity contribution in [2.24, 2.45) is 0 Å². The fourth-order valence-electron chi connectivity index (χ4n) is 0. The number of rotatable bonds is 0. The molecule has 0 saturated heterocycles. The van der Waals surface area contributed by atoms with E-state index in [1.54, 1.807) is 0 Å². The molecule has 0 amide bonds. The number of hydrogen-bond donors (Lipinski definition) is 0. The molecule has 0 saturated carbocycles. The third-order valence-electron chi connectivity index (χ3n) is 0. The van der Waals surface area contributed by atoms with E-state index in [1.165, 1.54) is 0 Å². The van der Waals surface area contributed by atoms with Crippen molar-refractivity contribution >= 4 is 31.4 Å². The molecular formula is H5AsIrPtS. The summed E-state index contributed by atoms with van der Waals surface area (Å²) in [5.74, 6) is 0. The van der Waals surface area contributed by atoms with E-state index in [0.717, 1.165) is 0 Å². The van der Waals surface area contributed by atoms with E-state index in [2.05, 4.69) is 0 Å². The van der Waals surface area contributed by atoms with Gasteiger partial charge in [-0.2, -0.15) is 13.5 Å². The van der Waals surface area contributed by atoms with Crippen LogP contribution in [0.25, 0.3) is 0 Å². The van der Waals surface area contributed by atoms with Gasteiger partial charge in [-0.3, -0.25) is 0 Å². The van der Waals surface area contributed by atoms with Crippen LogP contribution in [0.5, 0.6) is 0 Å². The van der Waals surface area contributed by atoms with Gasteiger partial charge in [0.2, 0.25) is 0 Å². The van der Waals surface area contributed by atoms with Crippen LogP contribution in [0.15, 0.2) is 0 Å². The molecule has 1 unspecified atom stereocenters. The second-order valence-corrected chi connectivity index (χ2v) is 0. The van der Waals surface area contributed by atoms with Gasteiger partial charge >= 0.3 is 18.0 Å². The first kappa shape index (κ1) is 34.1. The first-order valence-electron chi connectivity index (χ1n) is 0. The Bertz CT molecular complexity index is 8.00. The predicted octanol–water partition coefficient (Wildman–Crippen LogP) is -1.08. The van der Waals surface area contributed by atoms with Crippen LogP contribution >= 0.6 is 13.5 Å². The molecule has 4 heteroatoms. The van der Waals surface area contributed by atoms with Crippen LogP contribution in [0.2, 0.25) is 0 Å². The molecule has 0 aromatic heterocycles. The summed E-state index contributed by atoms with van der Waals surface area (Å²) in [5.41, 5.74) is 0. The Morgan fingerprint density at radius 3 is 1.00 bits per heavy atom. The monoisotopic (exact) mass is 500 g/mol. The van der Waals surface area contributed by atoms with Crippen LogP contribution in [0.4, 0.5) is 0 Å². The summed E-state index contributed by atoms with van der Waals surface area (Å²) < 4.78 is 0. The molecule has 0 aliphatic heterocycles. The minimum absolute atomic E-state index is 0. The molecule has 0 aliphatic carbocycles.